The van der Waals surface area contributed by atoms with Crippen LogP contribution < -0.4 is 10.2 Å². The lowest BCUT2D eigenvalue weighted by molar-refractivity contribution is -0.134. The molecule has 0 aromatic heterocycles. The molecule has 2 heterocycles. The number of rotatable bonds is 4. The highest BCUT2D eigenvalue weighted by molar-refractivity contribution is 5.90. The van der Waals surface area contributed by atoms with Crippen molar-refractivity contribution < 1.29 is 24.2 Å². The largest absolute Gasteiger partial charge is 0.442 e. The van der Waals surface area contributed by atoms with Gasteiger partial charge in [0.2, 0.25) is 11.8 Å². The minimum Gasteiger partial charge on any atom is -0.442 e. The number of carbonyl (C=O) groups is 3. The van der Waals surface area contributed by atoms with Crippen LogP contribution in [0.5, 0.6) is 0 Å². The second-order valence-electron chi connectivity index (χ2n) is 6.58. The summed E-state index contributed by atoms with van der Waals surface area (Å²) in [5, 5.41) is 11.7. The van der Waals surface area contributed by atoms with E-state index >= 15 is 0 Å². The van der Waals surface area contributed by atoms with Crippen LogP contribution in [0.15, 0.2) is 18.2 Å². The Morgan fingerprint density at radius 2 is 2.15 bits per heavy atom. The number of aryl methyl sites for hydroxylation is 1. The number of hydrogen-bond donors (Lipinski definition) is 2. The summed E-state index contributed by atoms with van der Waals surface area (Å²) in [6.07, 6.45) is 0.808. The molecule has 1 atom stereocenters. The van der Waals surface area contributed by atoms with E-state index < -0.39 is 12.7 Å². The molecule has 1 fully saturated rings. The van der Waals surface area contributed by atoms with Gasteiger partial charge in [-0.25, -0.2) is 4.79 Å². The molecular weight excluding hydrogens is 338 g/mol. The van der Waals surface area contributed by atoms with E-state index in [-0.39, 0.29) is 17.9 Å². The highest BCUT2D eigenvalue weighted by Crippen LogP contribution is 2.27. The summed E-state index contributed by atoms with van der Waals surface area (Å²) in [6, 6.07) is 5.72. The summed E-state index contributed by atoms with van der Waals surface area (Å²) in [4.78, 5) is 38.2. The molecule has 0 radical (unpaired) electrons. The smallest absolute Gasteiger partial charge is 0.414 e. The second-order valence-corrected chi connectivity index (χ2v) is 6.58. The van der Waals surface area contributed by atoms with E-state index in [0.717, 1.165) is 29.7 Å². The van der Waals surface area contributed by atoms with Gasteiger partial charge in [0.15, 0.2) is 0 Å². The molecule has 8 nitrogen and oxygen atoms in total. The number of aliphatic hydroxyl groups excluding tert-OH is 1. The van der Waals surface area contributed by atoms with Crippen molar-refractivity contribution in [2.75, 3.05) is 31.1 Å². The Kier molecular flexibility index (Phi) is 5.41. The summed E-state index contributed by atoms with van der Waals surface area (Å²) in [6.45, 7) is 2.68. The molecule has 1 aromatic carbocycles. The maximum Gasteiger partial charge on any atom is 0.414 e. The molecular formula is C18H23N3O5. The maximum atomic E-state index is 12.2. The van der Waals surface area contributed by atoms with Gasteiger partial charge in [-0.3, -0.25) is 14.5 Å². The molecule has 26 heavy (non-hydrogen) atoms. The zero-order chi connectivity index (χ0) is 18.7. The first kappa shape index (κ1) is 18.2. The summed E-state index contributed by atoms with van der Waals surface area (Å²) < 4.78 is 5.30. The minimum atomic E-state index is -0.483. The predicted molar refractivity (Wildman–Crippen MR) is 93.6 cm³/mol. The van der Waals surface area contributed by atoms with Crippen LogP contribution in [0.3, 0.4) is 0 Å². The molecule has 8 heteroatoms. The number of ether oxygens (including phenoxy) is 1. The fourth-order valence-corrected chi connectivity index (χ4v) is 3.32. The number of cyclic esters (lactones) is 1. The number of nitrogens with zero attached hydrogens (tertiary/aromatic N) is 2. The van der Waals surface area contributed by atoms with Crippen molar-refractivity contribution in [3.05, 3.63) is 29.3 Å². The van der Waals surface area contributed by atoms with Gasteiger partial charge in [-0.2, -0.15) is 0 Å². The fourth-order valence-electron chi connectivity index (χ4n) is 3.32. The number of fused-ring (bicyclic) bond motifs is 1. The predicted octanol–water partition coefficient (Wildman–Crippen LogP) is 0.415. The third-order valence-electron chi connectivity index (χ3n) is 4.68. The molecule has 1 aromatic rings. The number of hydrogen-bond acceptors (Lipinski definition) is 5. The van der Waals surface area contributed by atoms with Gasteiger partial charge < -0.3 is 20.1 Å². The Balaban J connectivity index is 1.73. The lowest BCUT2D eigenvalue weighted by Gasteiger charge is -2.20. The van der Waals surface area contributed by atoms with Crippen LogP contribution in [0.25, 0.3) is 0 Å². The molecule has 1 unspecified atom stereocenters. The Morgan fingerprint density at radius 1 is 1.35 bits per heavy atom. The zero-order valence-electron chi connectivity index (χ0n) is 14.7. The normalized spacial score (nSPS) is 19.6. The maximum absolute atomic E-state index is 12.2. The first-order valence-corrected chi connectivity index (χ1v) is 8.71. The van der Waals surface area contributed by atoms with Crippen molar-refractivity contribution in [3.8, 4) is 0 Å². The van der Waals surface area contributed by atoms with Crippen LogP contribution in [0.1, 0.15) is 24.5 Å². The topological polar surface area (TPSA) is 99.2 Å². The summed E-state index contributed by atoms with van der Waals surface area (Å²) in [5.74, 6) is -0.433. The van der Waals surface area contributed by atoms with Crippen LogP contribution in [-0.2, 0) is 27.3 Å². The molecule has 0 saturated carbocycles. The van der Waals surface area contributed by atoms with Crippen LogP contribution in [0.4, 0.5) is 10.5 Å². The van der Waals surface area contributed by atoms with Gasteiger partial charge in [0, 0.05) is 25.7 Å². The van der Waals surface area contributed by atoms with E-state index in [9.17, 15) is 14.4 Å². The van der Waals surface area contributed by atoms with E-state index in [0.29, 0.717) is 26.2 Å². The SMILES string of the molecule is CC(=O)NCC1CN(c2ccc3c(c2)CCCN(C(=O)CO)C3)C(=O)O1. The Labute approximate surface area is 151 Å². The third kappa shape index (κ3) is 3.96. The summed E-state index contributed by atoms with van der Waals surface area (Å²) in [5.41, 5.74) is 2.87. The van der Waals surface area contributed by atoms with E-state index in [1.165, 1.54) is 6.92 Å². The zero-order valence-corrected chi connectivity index (χ0v) is 14.7. The van der Waals surface area contributed by atoms with Gasteiger partial charge in [0.05, 0.1) is 13.1 Å². The highest BCUT2D eigenvalue weighted by atomic mass is 16.6. The average molecular weight is 361 g/mol. The molecule has 3 rings (SSSR count). The number of anilines is 1. The van der Waals surface area contributed by atoms with Crippen molar-refractivity contribution in [1.82, 2.24) is 10.2 Å². The minimum absolute atomic E-state index is 0.161. The molecule has 2 aliphatic heterocycles. The molecule has 0 bridgehead atoms. The van der Waals surface area contributed by atoms with E-state index in [2.05, 4.69) is 5.32 Å². The molecule has 0 spiro atoms. The van der Waals surface area contributed by atoms with Crippen molar-refractivity contribution in [1.29, 1.82) is 0 Å². The van der Waals surface area contributed by atoms with Gasteiger partial charge in [0.1, 0.15) is 12.7 Å². The number of amides is 3. The van der Waals surface area contributed by atoms with Gasteiger partial charge in [-0.15, -0.1) is 0 Å². The molecule has 2 N–H and O–H groups in total. The molecule has 2 aliphatic rings. The summed E-state index contributed by atoms with van der Waals surface area (Å²) in [7, 11) is 0. The van der Waals surface area contributed by atoms with Gasteiger partial charge in [-0.1, -0.05) is 6.07 Å². The first-order chi connectivity index (χ1) is 12.5. The Hall–Kier alpha value is -2.61. The molecule has 1 saturated heterocycles. The Bertz CT molecular complexity index is 721. The quantitative estimate of drug-likeness (QED) is 0.810. The van der Waals surface area contributed by atoms with Crippen LogP contribution >= 0.6 is 0 Å². The van der Waals surface area contributed by atoms with E-state index in [4.69, 9.17) is 9.84 Å². The number of carbonyl (C=O) groups excluding carboxylic acids is 3. The molecule has 3 amide bonds. The Morgan fingerprint density at radius 3 is 2.88 bits per heavy atom. The fraction of sp³-hybridized carbons (Fsp3) is 0.500. The van der Waals surface area contributed by atoms with Crippen LogP contribution in [0.2, 0.25) is 0 Å². The second kappa shape index (κ2) is 7.74. The monoisotopic (exact) mass is 361 g/mol. The van der Waals surface area contributed by atoms with Crippen molar-refractivity contribution in [2.45, 2.75) is 32.4 Å². The van der Waals surface area contributed by atoms with Crippen molar-refractivity contribution in [2.24, 2.45) is 0 Å². The van der Waals surface area contributed by atoms with Crippen molar-refractivity contribution in [3.63, 3.8) is 0 Å². The van der Waals surface area contributed by atoms with Crippen LogP contribution in [-0.4, -0.2) is 60.3 Å². The number of benzene rings is 1. The first-order valence-electron chi connectivity index (χ1n) is 8.71. The van der Waals surface area contributed by atoms with Gasteiger partial charge in [0.25, 0.3) is 0 Å². The molecule has 140 valence electrons. The van der Waals surface area contributed by atoms with Gasteiger partial charge >= 0.3 is 6.09 Å². The van der Waals surface area contributed by atoms with E-state index in [1.807, 2.05) is 18.2 Å². The number of nitrogens with one attached hydrogen (secondary N) is 1. The van der Waals surface area contributed by atoms with Crippen LogP contribution in [0, 0.1) is 0 Å². The average Bonchev–Trinajstić information content (AvgIpc) is 2.86. The third-order valence-corrected chi connectivity index (χ3v) is 4.68. The summed E-state index contributed by atoms with van der Waals surface area (Å²) >= 11 is 0. The lowest BCUT2D eigenvalue weighted by Crippen LogP contribution is -2.33. The standard InChI is InChI=1S/C18H23N3O5/c1-12(23)19-8-16-10-21(18(25)26-16)15-5-4-14-9-20(17(24)11-22)6-2-3-13(14)7-15/h4-5,7,16,22H,2-3,6,8-11H2,1H3,(H,19,23). The molecule has 0 aliphatic carbocycles. The van der Waals surface area contributed by atoms with Gasteiger partial charge in [-0.05, 0) is 36.1 Å². The van der Waals surface area contributed by atoms with Crippen molar-refractivity contribution >= 4 is 23.6 Å². The van der Waals surface area contributed by atoms with E-state index in [1.54, 1.807) is 9.80 Å². The number of aliphatic hydroxyl groups is 1. The highest BCUT2D eigenvalue weighted by Gasteiger charge is 2.32. The lowest BCUT2D eigenvalue weighted by atomic mass is 10.0.